The molecule has 2 atom stereocenters. The van der Waals surface area contributed by atoms with Gasteiger partial charge in [0.2, 0.25) is 5.82 Å². The van der Waals surface area contributed by atoms with Crippen molar-refractivity contribution < 1.29 is 23.1 Å². The largest absolute Gasteiger partial charge is 0.444 e. The maximum absolute atomic E-state index is 15.0. The van der Waals surface area contributed by atoms with Crippen LogP contribution in [0.5, 0.6) is 11.5 Å². The third kappa shape index (κ3) is 5.39. The number of piperidine rings is 1. The summed E-state index contributed by atoms with van der Waals surface area (Å²) < 4.78 is 39.9. The van der Waals surface area contributed by atoms with E-state index in [0.29, 0.717) is 30.3 Å². The Kier molecular flexibility index (Phi) is 7.54. The number of hydrogen-bond acceptors (Lipinski definition) is 10. The van der Waals surface area contributed by atoms with Gasteiger partial charge in [-0.1, -0.05) is 17.3 Å². The molecule has 1 N–H and O–H groups in total. The van der Waals surface area contributed by atoms with E-state index in [-0.39, 0.29) is 29.0 Å². The van der Waals surface area contributed by atoms with E-state index in [1.54, 1.807) is 38.4 Å². The molecule has 5 aromatic rings. The highest BCUT2D eigenvalue weighted by atomic mass is 19.1. The lowest BCUT2D eigenvalue weighted by Crippen LogP contribution is -2.34. The third-order valence-electron chi connectivity index (χ3n) is 8.83. The van der Waals surface area contributed by atoms with Crippen LogP contribution in [0.3, 0.4) is 0 Å². The third-order valence-corrected chi connectivity index (χ3v) is 8.83. The highest BCUT2D eigenvalue weighted by Crippen LogP contribution is 2.49. The lowest BCUT2D eigenvalue weighted by atomic mass is 9.88. The molecule has 2 aliphatic rings. The zero-order valence-electron chi connectivity index (χ0n) is 25.6. The Balaban J connectivity index is 1.09. The van der Waals surface area contributed by atoms with E-state index in [4.69, 9.17) is 24.5 Å². The Hall–Kier alpha value is -5.06. The van der Waals surface area contributed by atoms with Crippen molar-refractivity contribution in [2.24, 2.45) is 0 Å². The maximum atomic E-state index is 15.0. The van der Waals surface area contributed by atoms with Gasteiger partial charge in [-0.3, -0.25) is 19.4 Å². The molecule has 3 aromatic heterocycles. The van der Waals surface area contributed by atoms with Gasteiger partial charge < -0.3 is 18.8 Å². The summed E-state index contributed by atoms with van der Waals surface area (Å²) in [5, 5.41) is 12.9. The quantitative estimate of drug-likeness (QED) is 0.254. The van der Waals surface area contributed by atoms with Crippen LogP contribution in [0.25, 0.3) is 22.6 Å². The highest BCUT2D eigenvalue weighted by Gasteiger charge is 2.43. The number of benzene rings is 2. The number of para-hydroxylation sites is 1. The first-order valence-electron chi connectivity index (χ1n) is 15.1. The summed E-state index contributed by atoms with van der Waals surface area (Å²) >= 11 is 0. The number of nitriles is 1. The van der Waals surface area contributed by atoms with Crippen LogP contribution in [0.2, 0.25) is 0 Å². The fourth-order valence-electron chi connectivity index (χ4n) is 6.33. The van der Waals surface area contributed by atoms with Crippen molar-refractivity contribution in [3.63, 3.8) is 0 Å². The van der Waals surface area contributed by atoms with Crippen LogP contribution in [-0.2, 0) is 23.6 Å². The maximum Gasteiger partial charge on any atom is 0.439 e. The first kappa shape index (κ1) is 29.6. The lowest BCUT2D eigenvalue weighted by Gasteiger charge is -2.32. The van der Waals surface area contributed by atoms with Crippen LogP contribution in [0.1, 0.15) is 55.1 Å². The SMILES string of the molecule is COC(C)Cn1c(CN2CCC(c3cccc4c3OC(C)(c3ccc(C#N)cc3F)O4)CC2)nc2cc(-c3noc(=O)[nH]3)ncc21. The van der Waals surface area contributed by atoms with Gasteiger partial charge in [-0.15, -0.1) is 0 Å². The van der Waals surface area contributed by atoms with Crippen LogP contribution in [0, 0.1) is 17.1 Å². The highest BCUT2D eigenvalue weighted by molar-refractivity contribution is 5.78. The van der Waals surface area contributed by atoms with E-state index >= 15 is 0 Å². The second-order valence-electron chi connectivity index (χ2n) is 11.9. The molecule has 0 radical (unpaired) electrons. The molecule has 2 aliphatic heterocycles. The van der Waals surface area contributed by atoms with Gasteiger partial charge in [0.25, 0.3) is 5.79 Å². The van der Waals surface area contributed by atoms with Crippen molar-refractivity contribution in [3.8, 4) is 29.1 Å². The summed E-state index contributed by atoms with van der Waals surface area (Å²) in [5.41, 5.74) is 3.59. The predicted molar refractivity (Wildman–Crippen MR) is 164 cm³/mol. The molecule has 0 bridgehead atoms. The number of nitrogens with zero attached hydrogens (tertiary/aromatic N) is 6. The number of imidazole rings is 1. The van der Waals surface area contributed by atoms with E-state index in [1.165, 1.54) is 6.07 Å². The van der Waals surface area contributed by atoms with Crippen LogP contribution in [-0.4, -0.2) is 55.9 Å². The average Bonchev–Trinajstić information content (AvgIpc) is 3.75. The normalized spacial score (nSPS) is 19.0. The van der Waals surface area contributed by atoms with Gasteiger partial charge in [0, 0.05) is 19.6 Å². The van der Waals surface area contributed by atoms with E-state index in [1.807, 2.05) is 25.1 Å². The van der Waals surface area contributed by atoms with Crippen molar-refractivity contribution in [1.29, 1.82) is 5.26 Å². The minimum absolute atomic E-state index is 0.0423. The van der Waals surface area contributed by atoms with Gasteiger partial charge >= 0.3 is 5.76 Å². The molecule has 13 heteroatoms. The molecule has 5 heterocycles. The van der Waals surface area contributed by atoms with Crippen LogP contribution in [0.4, 0.5) is 4.39 Å². The fraction of sp³-hybridized carbons (Fsp3) is 0.364. The molecule has 12 nitrogen and oxygen atoms in total. The van der Waals surface area contributed by atoms with Crippen LogP contribution in [0.15, 0.2) is 58.0 Å². The Labute approximate surface area is 263 Å². The molecule has 2 aromatic carbocycles. The number of methoxy groups -OCH3 is 1. The van der Waals surface area contributed by atoms with E-state index in [2.05, 4.69) is 35.2 Å². The van der Waals surface area contributed by atoms with Crippen molar-refractivity contribution in [3.05, 3.63) is 87.5 Å². The molecule has 236 valence electrons. The van der Waals surface area contributed by atoms with E-state index in [0.717, 1.165) is 48.4 Å². The van der Waals surface area contributed by atoms with Gasteiger partial charge in [-0.2, -0.15) is 5.26 Å². The summed E-state index contributed by atoms with van der Waals surface area (Å²) in [4.78, 5) is 25.8. The number of fused-ring (bicyclic) bond motifs is 2. The van der Waals surface area contributed by atoms with Crippen LogP contribution < -0.4 is 15.2 Å². The Morgan fingerprint density at radius 3 is 2.76 bits per heavy atom. The van der Waals surface area contributed by atoms with E-state index < -0.39 is 17.4 Å². The van der Waals surface area contributed by atoms with Gasteiger partial charge in [-0.25, -0.2) is 14.2 Å². The topological polar surface area (TPSA) is 144 Å². The summed E-state index contributed by atoms with van der Waals surface area (Å²) in [6.45, 7) is 6.62. The lowest BCUT2D eigenvalue weighted by molar-refractivity contribution is -0.0712. The summed E-state index contributed by atoms with van der Waals surface area (Å²) in [7, 11) is 1.68. The molecule has 0 saturated carbocycles. The Morgan fingerprint density at radius 2 is 2.04 bits per heavy atom. The second-order valence-corrected chi connectivity index (χ2v) is 11.9. The van der Waals surface area contributed by atoms with Gasteiger partial charge in [0.05, 0.1) is 53.6 Å². The number of nitrogens with one attached hydrogen (secondary N) is 1. The number of H-pyrrole nitrogens is 1. The standard InChI is InChI=1S/C33H32FN7O5/c1-19(43-3)17-41-27-16-36-26(31-38-32(42)46-39-31)14-25(27)37-29(41)18-40-11-9-21(10-12-40)22-5-4-6-28-30(22)45-33(2,44-28)23-8-7-20(15-35)13-24(23)34/h4-8,13-14,16,19,21H,9-12,17-18H2,1-3H3,(H,38,39,42). The van der Waals surface area contributed by atoms with Crippen molar-refractivity contribution >= 4 is 11.0 Å². The number of halogens is 1. The van der Waals surface area contributed by atoms with Gasteiger partial charge in [-0.05, 0) is 69.1 Å². The van der Waals surface area contributed by atoms with Gasteiger partial charge in [0.1, 0.15) is 17.3 Å². The molecule has 0 aliphatic carbocycles. The molecule has 0 amide bonds. The molecule has 1 fully saturated rings. The number of hydrogen-bond donors (Lipinski definition) is 1. The zero-order valence-corrected chi connectivity index (χ0v) is 25.6. The molecular weight excluding hydrogens is 593 g/mol. The Morgan fingerprint density at radius 1 is 1.22 bits per heavy atom. The first-order valence-corrected chi connectivity index (χ1v) is 15.1. The monoisotopic (exact) mass is 625 g/mol. The Bertz CT molecular complexity index is 2020. The number of aromatic amines is 1. The number of likely N-dealkylation sites (tertiary alicyclic amines) is 1. The second kappa shape index (κ2) is 11.7. The smallest absolute Gasteiger partial charge is 0.439 e. The first-order chi connectivity index (χ1) is 22.2. The van der Waals surface area contributed by atoms with Crippen molar-refractivity contribution in [2.45, 2.75) is 57.6 Å². The van der Waals surface area contributed by atoms with Crippen molar-refractivity contribution in [1.82, 2.24) is 29.6 Å². The molecule has 2 unspecified atom stereocenters. The van der Waals surface area contributed by atoms with Crippen LogP contribution >= 0.6 is 0 Å². The summed E-state index contributed by atoms with van der Waals surface area (Å²) in [6.07, 6.45) is 3.47. The average molecular weight is 626 g/mol. The molecular formula is C33H32FN7O5. The summed E-state index contributed by atoms with van der Waals surface area (Å²) in [6, 6.07) is 13.9. The van der Waals surface area contributed by atoms with Gasteiger partial charge in [0.15, 0.2) is 11.5 Å². The predicted octanol–water partition coefficient (Wildman–Crippen LogP) is 4.84. The minimum Gasteiger partial charge on any atom is -0.444 e. The fourth-order valence-corrected chi connectivity index (χ4v) is 6.33. The zero-order chi connectivity index (χ0) is 32.0. The van der Waals surface area contributed by atoms with Crippen molar-refractivity contribution in [2.75, 3.05) is 20.2 Å². The molecule has 46 heavy (non-hydrogen) atoms. The molecule has 7 rings (SSSR count). The molecule has 0 spiro atoms. The minimum atomic E-state index is -1.34. The number of rotatable bonds is 8. The van der Waals surface area contributed by atoms with E-state index in [9.17, 15) is 9.18 Å². The molecule has 1 saturated heterocycles. The number of pyridine rings is 1. The number of aromatic nitrogens is 5. The number of ether oxygens (including phenoxy) is 3. The summed E-state index contributed by atoms with van der Waals surface area (Å²) in [5.74, 6) is 0.0556.